The van der Waals surface area contributed by atoms with E-state index < -0.39 is 0 Å². The monoisotopic (exact) mass is 270 g/mol. The lowest BCUT2D eigenvalue weighted by molar-refractivity contribution is 0.214. The minimum atomic E-state index is -0.118. The van der Waals surface area contributed by atoms with Crippen molar-refractivity contribution in [3.8, 4) is 5.75 Å². The van der Waals surface area contributed by atoms with Crippen molar-refractivity contribution in [1.82, 2.24) is 0 Å². The van der Waals surface area contributed by atoms with Gasteiger partial charge in [-0.3, -0.25) is 0 Å². The number of ether oxygens (including phenoxy) is 1. The van der Waals surface area contributed by atoms with Crippen LogP contribution in [0.1, 0.15) is 17.2 Å². The molecule has 3 heteroatoms. The van der Waals surface area contributed by atoms with E-state index in [-0.39, 0.29) is 6.10 Å². The molecule has 2 aromatic carbocycles. The van der Waals surface area contributed by atoms with Crippen molar-refractivity contribution >= 4 is 5.69 Å². The molecular weight excluding hydrogens is 248 g/mol. The normalized spacial score (nSPS) is 12.0. The lowest BCUT2D eigenvalue weighted by Crippen LogP contribution is -2.18. The molecule has 0 heterocycles. The van der Waals surface area contributed by atoms with E-state index in [0.717, 1.165) is 17.0 Å². The summed E-state index contributed by atoms with van der Waals surface area (Å²) in [6, 6.07) is 16.3. The molecule has 20 heavy (non-hydrogen) atoms. The Morgan fingerprint density at radius 3 is 2.50 bits per heavy atom. The molecule has 2 aromatic rings. The zero-order valence-corrected chi connectivity index (χ0v) is 12.3. The minimum absolute atomic E-state index is 0.118. The molecule has 0 aliphatic carbocycles. The van der Waals surface area contributed by atoms with E-state index in [1.165, 1.54) is 5.56 Å². The highest BCUT2D eigenvalue weighted by molar-refractivity contribution is 5.49. The van der Waals surface area contributed by atoms with E-state index in [0.29, 0.717) is 6.54 Å². The molecule has 0 saturated heterocycles. The summed E-state index contributed by atoms with van der Waals surface area (Å²) in [6.45, 7) is 2.53. The van der Waals surface area contributed by atoms with Gasteiger partial charge in [0.2, 0.25) is 0 Å². The number of aryl methyl sites for hydroxylation is 1. The van der Waals surface area contributed by atoms with E-state index in [9.17, 15) is 0 Å². The number of hydrogen-bond donors (Lipinski definition) is 1. The molecule has 106 valence electrons. The highest BCUT2D eigenvalue weighted by Crippen LogP contribution is 2.25. The molecule has 0 saturated carbocycles. The summed E-state index contributed by atoms with van der Waals surface area (Å²) in [5.41, 5.74) is 9.31. The van der Waals surface area contributed by atoms with Crippen molar-refractivity contribution in [2.45, 2.75) is 13.0 Å². The molecule has 1 unspecified atom stereocenters. The molecule has 0 bridgehead atoms. The number of nitrogens with zero attached hydrogens (tertiary/aromatic N) is 1. The SMILES string of the molecule is Cc1cccc(C(CN)Oc2cccc(N(C)C)c2)c1. The van der Waals surface area contributed by atoms with Crippen LogP contribution < -0.4 is 15.4 Å². The number of nitrogens with two attached hydrogens (primary N) is 1. The van der Waals surface area contributed by atoms with Crippen LogP contribution in [-0.4, -0.2) is 20.6 Å². The van der Waals surface area contributed by atoms with Gasteiger partial charge in [0.25, 0.3) is 0 Å². The van der Waals surface area contributed by atoms with E-state index in [1.54, 1.807) is 0 Å². The Bertz CT molecular complexity index is 566. The van der Waals surface area contributed by atoms with Crippen LogP contribution in [0.25, 0.3) is 0 Å². The summed E-state index contributed by atoms with van der Waals surface area (Å²) in [5, 5.41) is 0. The smallest absolute Gasteiger partial charge is 0.136 e. The molecule has 0 aromatic heterocycles. The number of hydrogen-bond acceptors (Lipinski definition) is 3. The average molecular weight is 270 g/mol. The first-order valence-corrected chi connectivity index (χ1v) is 6.81. The van der Waals surface area contributed by atoms with Gasteiger partial charge in [-0.15, -0.1) is 0 Å². The number of anilines is 1. The van der Waals surface area contributed by atoms with Crippen LogP contribution in [0.3, 0.4) is 0 Å². The Hall–Kier alpha value is -2.00. The van der Waals surface area contributed by atoms with Gasteiger partial charge in [-0.25, -0.2) is 0 Å². The zero-order chi connectivity index (χ0) is 14.5. The second-order valence-electron chi connectivity index (χ2n) is 5.15. The fourth-order valence-corrected chi connectivity index (χ4v) is 2.12. The predicted octanol–water partition coefficient (Wildman–Crippen LogP) is 3.14. The van der Waals surface area contributed by atoms with Crippen molar-refractivity contribution in [3.63, 3.8) is 0 Å². The van der Waals surface area contributed by atoms with Gasteiger partial charge in [-0.05, 0) is 24.6 Å². The summed E-state index contributed by atoms with van der Waals surface area (Å²) in [6.07, 6.45) is -0.118. The molecule has 2 N–H and O–H groups in total. The lowest BCUT2D eigenvalue weighted by atomic mass is 10.1. The van der Waals surface area contributed by atoms with Gasteiger partial charge >= 0.3 is 0 Å². The predicted molar refractivity (Wildman–Crippen MR) is 84.4 cm³/mol. The van der Waals surface area contributed by atoms with Gasteiger partial charge in [0.05, 0.1) is 0 Å². The van der Waals surface area contributed by atoms with Crippen molar-refractivity contribution in [2.24, 2.45) is 5.73 Å². The fraction of sp³-hybridized carbons (Fsp3) is 0.294. The number of benzene rings is 2. The summed E-state index contributed by atoms with van der Waals surface area (Å²) < 4.78 is 6.04. The van der Waals surface area contributed by atoms with Crippen LogP contribution in [0.4, 0.5) is 5.69 Å². The molecule has 0 aliphatic rings. The summed E-state index contributed by atoms with van der Waals surface area (Å²) >= 11 is 0. The summed E-state index contributed by atoms with van der Waals surface area (Å²) in [5.74, 6) is 0.841. The molecule has 0 spiro atoms. The first kappa shape index (κ1) is 14.4. The quantitative estimate of drug-likeness (QED) is 0.907. The molecule has 0 aliphatic heterocycles. The Morgan fingerprint density at radius 1 is 1.10 bits per heavy atom. The molecule has 2 rings (SSSR count). The van der Waals surface area contributed by atoms with Crippen molar-refractivity contribution in [3.05, 3.63) is 59.7 Å². The third-order valence-corrected chi connectivity index (χ3v) is 3.24. The van der Waals surface area contributed by atoms with E-state index in [1.807, 2.05) is 38.4 Å². The second kappa shape index (κ2) is 6.44. The van der Waals surface area contributed by atoms with E-state index >= 15 is 0 Å². The van der Waals surface area contributed by atoms with Gasteiger partial charge in [-0.1, -0.05) is 35.9 Å². The third kappa shape index (κ3) is 3.52. The average Bonchev–Trinajstić information content (AvgIpc) is 2.45. The lowest BCUT2D eigenvalue weighted by Gasteiger charge is -2.20. The Labute approximate surface area is 121 Å². The molecule has 0 radical (unpaired) electrons. The molecule has 0 fully saturated rings. The number of rotatable bonds is 5. The molecule has 0 amide bonds. The minimum Gasteiger partial charge on any atom is -0.484 e. The maximum atomic E-state index is 6.04. The van der Waals surface area contributed by atoms with E-state index in [2.05, 4.69) is 36.1 Å². The van der Waals surface area contributed by atoms with E-state index in [4.69, 9.17) is 10.5 Å². The van der Waals surface area contributed by atoms with Gasteiger partial charge in [0.1, 0.15) is 11.9 Å². The summed E-state index contributed by atoms with van der Waals surface area (Å²) in [4.78, 5) is 2.05. The molecule has 1 atom stereocenters. The van der Waals surface area contributed by atoms with Gasteiger partial charge in [-0.2, -0.15) is 0 Å². The Balaban J connectivity index is 2.20. The fourth-order valence-electron chi connectivity index (χ4n) is 2.12. The standard InChI is InChI=1S/C17H22N2O/c1-13-6-4-7-14(10-13)17(12-18)20-16-9-5-8-15(11-16)19(2)3/h4-11,17H,12,18H2,1-3H3. The van der Waals surface area contributed by atoms with Gasteiger partial charge in [0.15, 0.2) is 0 Å². The van der Waals surface area contributed by atoms with Crippen LogP contribution in [0.15, 0.2) is 48.5 Å². The van der Waals surface area contributed by atoms with Crippen LogP contribution >= 0.6 is 0 Å². The second-order valence-corrected chi connectivity index (χ2v) is 5.15. The van der Waals surface area contributed by atoms with Crippen molar-refractivity contribution < 1.29 is 4.74 Å². The van der Waals surface area contributed by atoms with Crippen LogP contribution in [-0.2, 0) is 0 Å². The zero-order valence-electron chi connectivity index (χ0n) is 12.3. The van der Waals surface area contributed by atoms with Crippen LogP contribution in [0.5, 0.6) is 5.75 Å². The Morgan fingerprint density at radius 2 is 1.85 bits per heavy atom. The molecule has 3 nitrogen and oxygen atoms in total. The van der Waals surface area contributed by atoms with Crippen molar-refractivity contribution in [1.29, 1.82) is 0 Å². The van der Waals surface area contributed by atoms with Gasteiger partial charge < -0.3 is 15.4 Å². The Kier molecular flexibility index (Phi) is 4.64. The first-order valence-electron chi connectivity index (χ1n) is 6.81. The maximum Gasteiger partial charge on any atom is 0.136 e. The maximum absolute atomic E-state index is 6.04. The largest absolute Gasteiger partial charge is 0.484 e. The highest BCUT2D eigenvalue weighted by Gasteiger charge is 2.12. The third-order valence-electron chi connectivity index (χ3n) is 3.24. The van der Waals surface area contributed by atoms with Crippen LogP contribution in [0, 0.1) is 6.92 Å². The van der Waals surface area contributed by atoms with Crippen molar-refractivity contribution in [2.75, 3.05) is 25.5 Å². The molecular formula is C17H22N2O. The van der Waals surface area contributed by atoms with Gasteiger partial charge in [0, 0.05) is 32.4 Å². The highest BCUT2D eigenvalue weighted by atomic mass is 16.5. The topological polar surface area (TPSA) is 38.5 Å². The first-order chi connectivity index (χ1) is 9.60. The van der Waals surface area contributed by atoms with Crippen LogP contribution in [0.2, 0.25) is 0 Å². The summed E-state index contributed by atoms with van der Waals surface area (Å²) in [7, 11) is 4.03.